The van der Waals surface area contributed by atoms with E-state index in [4.69, 9.17) is 0 Å². The number of aliphatic imine (C=N–C) groups is 1. The third kappa shape index (κ3) is 3.37. The van der Waals surface area contributed by atoms with Crippen LogP contribution in [0.25, 0.3) is 11.1 Å². The first-order valence-corrected chi connectivity index (χ1v) is 9.48. The molecule has 1 aliphatic heterocycles. The second kappa shape index (κ2) is 7.74. The molecule has 134 valence electrons. The molecular formula is C20H20FN3OS. The summed E-state index contributed by atoms with van der Waals surface area (Å²) >= 11 is 1.45. The van der Waals surface area contributed by atoms with Crippen LogP contribution in [0.5, 0.6) is 0 Å². The monoisotopic (exact) mass is 369 g/mol. The van der Waals surface area contributed by atoms with E-state index in [1.807, 2.05) is 42.2 Å². The largest absolute Gasteiger partial charge is 0.276 e. The van der Waals surface area contributed by atoms with Crippen molar-refractivity contribution in [1.29, 1.82) is 0 Å². The normalized spacial score (nSPS) is 14.0. The number of thioether (sulfide) groups is 1. The lowest BCUT2D eigenvalue weighted by Gasteiger charge is -2.16. The van der Waals surface area contributed by atoms with E-state index in [-0.39, 0.29) is 11.4 Å². The molecule has 3 rings (SSSR count). The van der Waals surface area contributed by atoms with E-state index in [0.717, 1.165) is 5.69 Å². The van der Waals surface area contributed by atoms with E-state index >= 15 is 0 Å². The van der Waals surface area contributed by atoms with Gasteiger partial charge < -0.3 is 0 Å². The summed E-state index contributed by atoms with van der Waals surface area (Å²) in [5.41, 5.74) is 2.48. The molecule has 0 atom stereocenters. The molecule has 0 bridgehead atoms. The van der Waals surface area contributed by atoms with Crippen molar-refractivity contribution in [2.45, 2.75) is 20.0 Å². The highest BCUT2D eigenvalue weighted by Crippen LogP contribution is 2.25. The van der Waals surface area contributed by atoms with Crippen LogP contribution in [0, 0.1) is 5.82 Å². The molecule has 26 heavy (non-hydrogen) atoms. The summed E-state index contributed by atoms with van der Waals surface area (Å²) in [4.78, 5) is 17.7. The number of halogens is 1. The summed E-state index contributed by atoms with van der Waals surface area (Å²) in [7, 11) is 0. The molecule has 0 N–H and O–H groups in total. The van der Waals surface area contributed by atoms with Gasteiger partial charge in [0.15, 0.2) is 0 Å². The van der Waals surface area contributed by atoms with Gasteiger partial charge in [0.2, 0.25) is 0 Å². The molecule has 0 saturated heterocycles. The minimum atomic E-state index is -0.334. The number of rotatable bonds is 5. The first-order chi connectivity index (χ1) is 12.6. The fraction of sp³-hybridized carbons (Fsp3) is 0.200. The van der Waals surface area contributed by atoms with E-state index in [1.165, 1.54) is 23.9 Å². The van der Waals surface area contributed by atoms with Crippen molar-refractivity contribution in [3.8, 4) is 11.1 Å². The number of aromatic nitrogens is 2. The number of fused-ring (bicyclic) bond motifs is 1. The van der Waals surface area contributed by atoms with Crippen LogP contribution in [0.4, 0.5) is 4.39 Å². The van der Waals surface area contributed by atoms with Crippen LogP contribution in [0.15, 0.2) is 70.0 Å². The molecule has 0 aliphatic carbocycles. The van der Waals surface area contributed by atoms with Gasteiger partial charge in [0.05, 0.1) is 35.1 Å². The minimum absolute atomic E-state index is 0.108. The standard InChI is InChI=1S/C20H20FN3OS/c1-4-7-17(22-14(2)26-3)19-18(15-8-10-16(21)11-9-15)20(25)24-13-6-5-12-23(19)24/h4-11H,2,12-13H2,1,3H3/b7-4-,22-17+. The van der Waals surface area contributed by atoms with E-state index in [2.05, 4.69) is 11.6 Å². The lowest BCUT2D eigenvalue weighted by atomic mass is 10.0. The average Bonchev–Trinajstić information content (AvgIpc) is 2.95. The Kier molecular flexibility index (Phi) is 5.42. The van der Waals surface area contributed by atoms with E-state index in [0.29, 0.717) is 35.0 Å². The van der Waals surface area contributed by atoms with Gasteiger partial charge in [0.25, 0.3) is 5.56 Å². The van der Waals surface area contributed by atoms with Crippen LogP contribution in [0.1, 0.15) is 12.6 Å². The second-order valence-corrected chi connectivity index (χ2v) is 6.65. The number of hydrogen-bond acceptors (Lipinski definition) is 3. The van der Waals surface area contributed by atoms with Gasteiger partial charge in [-0.3, -0.25) is 9.48 Å². The zero-order valence-corrected chi connectivity index (χ0v) is 15.6. The quantitative estimate of drug-likeness (QED) is 0.585. The van der Waals surface area contributed by atoms with Crippen molar-refractivity contribution >= 4 is 17.5 Å². The fourth-order valence-corrected chi connectivity index (χ4v) is 3.14. The fourth-order valence-electron chi connectivity index (χ4n) is 2.95. The van der Waals surface area contributed by atoms with E-state index in [1.54, 1.807) is 16.8 Å². The van der Waals surface area contributed by atoms with Crippen molar-refractivity contribution in [1.82, 2.24) is 9.36 Å². The Morgan fingerprint density at radius 3 is 2.50 bits per heavy atom. The average molecular weight is 369 g/mol. The Labute approximate surface area is 156 Å². The Hall–Kier alpha value is -2.60. The Bertz CT molecular complexity index is 978. The molecule has 2 heterocycles. The van der Waals surface area contributed by atoms with Gasteiger partial charge in [-0.2, -0.15) is 0 Å². The van der Waals surface area contributed by atoms with Crippen molar-refractivity contribution < 1.29 is 4.39 Å². The maximum Gasteiger partial charge on any atom is 0.275 e. The molecule has 1 aromatic carbocycles. The van der Waals surface area contributed by atoms with Crippen LogP contribution in [0.3, 0.4) is 0 Å². The third-order valence-electron chi connectivity index (χ3n) is 4.14. The lowest BCUT2D eigenvalue weighted by molar-refractivity contribution is 0.491. The summed E-state index contributed by atoms with van der Waals surface area (Å²) in [6, 6.07) is 6.00. The van der Waals surface area contributed by atoms with E-state index < -0.39 is 0 Å². The van der Waals surface area contributed by atoms with Gasteiger partial charge in [-0.05, 0) is 37.0 Å². The van der Waals surface area contributed by atoms with Crippen LogP contribution in [-0.2, 0) is 13.1 Å². The molecule has 0 spiro atoms. The number of nitrogens with zero attached hydrogens (tertiary/aromatic N) is 3. The number of benzene rings is 1. The predicted molar refractivity (Wildman–Crippen MR) is 107 cm³/mol. The highest BCUT2D eigenvalue weighted by Gasteiger charge is 2.24. The summed E-state index contributed by atoms with van der Waals surface area (Å²) < 4.78 is 17.0. The van der Waals surface area contributed by atoms with E-state index in [9.17, 15) is 9.18 Å². The van der Waals surface area contributed by atoms with Crippen molar-refractivity contribution in [2.24, 2.45) is 4.99 Å². The molecule has 0 fully saturated rings. The van der Waals surface area contributed by atoms with Crippen molar-refractivity contribution in [3.63, 3.8) is 0 Å². The summed E-state index contributed by atoms with van der Waals surface area (Å²) in [6.45, 7) is 6.92. The molecule has 2 aromatic rings. The Morgan fingerprint density at radius 1 is 1.23 bits per heavy atom. The maximum absolute atomic E-state index is 13.4. The molecule has 0 saturated carbocycles. The van der Waals surface area contributed by atoms with Gasteiger partial charge in [-0.1, -0.05) is 36.9 Å². The number of hydrogen-bond donors (Lipinski definition) is 0. The molecule has 0 unspecified atom stereocenters. The first kappa shape index (κ1) is 18.2. The third-order valence-corrected chi connectivity index (χ3v) is 4.70. The highest BCUT2D eigenvalue weighted by atomic mass is 32.2. The molecule has 1 aromatic heterocycles. The lowest BCUT2D eigenvalue weighted by Crippen LogP contribution is -2.26. The Balaban J connectivity index is 2.32. The van der Waals surface area contributed by atoms with Gasteiger partial charge in [-0.25, -0.2) is 14.1 Å². The highest BCUT2D eigenvalue weighted by molar-refractivity contribution is 8.02. The summed E-state index contributed by atoms with van der Waals surface area (Å²) in [6.07, 6.45) is 9.65. The van der Waals surface area contributed by atoms with Crippen LogP contribution >= 0.6 is 11.8 Å². The van der Waals surface area contributed by atoms with Crippen molar-refractivity contribution in [2.75, 3.05) is 6.26 Å². The second-order valence-electron chi connectivity index (χ2n) is 5.77. The molecule has 1 aliphatic rings. The molecule has 6 heteroatoms. The van der Waals surface area contributed by atoms with Gasteiger partial charge in [0, 0.05) is 0 Å². The van der Waals surface area contributed by atoms with Gasteiger partial charge in [-0.15, -0.1) is 11.8 Å². The number of allylic oxidation sites excluding steroid dienone is 4. The van der Waals surface area contributed by atoms with Crippen molar-refractivity contribution in [3.05, 3.63) is 82.0 Å². The maximum atomic E-state index is 13.4. The zero-order valence-electron chi connectivity index (χ0n) is 14.8. The van der Waals surface area contributed by atoms with Crippen LogP contribution in [0.2, 0.25) is 0 Å². The first-order valence-electron chi connectivity index (χ1n) is 8.26. The topological polar surface area (TPSA) is 39.3 Å². The summed E-state index contributed by atoms with van der Waals surface area (Å²) in [5, 5.41) is 0.655. The van der Waals surface area contributed by atoms with Gasteiger partial charge >= 0.3 is 0 Å². The minimum Gasteiger partial charge on any atom is -0.276 e. The predicted octanol–water partition coefficient (Wildman–Crippen LogP) is 4.23. The summed E-state index contributed by atoms with van der Waals surface area (Å²) in [5.74, 6) is -0.334. The SMILES string of the molecule is C=C(/N=C(\C=C/C)c1c(-c2ccc(F)cc2)c(=O)n2n1CC=CC2)SC. The zero-order chi connectivity index (χ0) is 18.7. The smallest absolute Gasteiger partial charge is 0.275 e. The van der Waals surface area contributed by atoms with Gasteiger partial charge in [0.1, 0.15) is 5.82 Å². The molecule has 0 radical (unpaired) electrons. The molecule has 4 nitrogen and oxygen atoms in total. The molecule has 0 amide bonds. The Morgan fingerprint density at radius 2 is 1.88 bits per heavy atom. The molecular weight excluding hydrogens is 349 g/mol. The van der Waals surface area contributed by atoms with Crippen LogP contribution < -0.4 is 5.56 Å². The van der Waals surface area contributed by atoms with Crippen LogP contribution in [-0.4, -0.2) is 21.3 Å².